The van der Waals surface area contributed by atoms with Crippen molar-refractivity contribution < 1.29 is 9.13 Å². The highest BCUT2D eigenvalue weighted by Gasteiger charge is 2.23. The van der Waals surface area contributed by atoms with Crippen LogP contribution in [-0.4, -0.2) is 39.6 Å². The fraction of sp³-hybridized carbons (Fsp3) is 0.321. The van der Waals surface area contributed by atoms with E-state index in [4.69, 9.17) is 27.8 Å². The van der Waals surface area contributed by atoms with E-state index in [1.54, 1.807) is 13.3 Å². The highest BCUT2D eigenvalue weighted by molar-refractivity contribution is 6.33. The van der Waals surface area contributed by atoms with Gasteiger partial charge in [0, 0.05) is 42.2 Å². The quantitative estimate of drug-likeness (QED) is 0.213. The summed E-state index contributed by atoms with van der Waals surface area (Å²) < 4.78 is 21.1. The highest BCUT2D eigenvalue weighted by Crippen LogP contribution is 2.34. The molecule has 0 amide bonds. The zero-order valence-corrected chi connectivity index (χ0v) is 22.2. The van der Waals surface area contributed by atoms with E-state index in [1.165, 1.54) is 18.2 Å². The molecule has 1 fully saturated rings. The number of hydrogen-bond acceptors (Lipinski definition) is 6. The number of aryl methyl sites for hydroxylation is 1. The van der Waals surface area contributed by atoms with Crippen LogP contribution in [0.1, 0.15) is 43.7 Å². The van der Waals surface area contributed by atoms with Gasteiger partial charge in [0.1, 0.15) is 11.7 Å². The second-order valence-electron chi connectivity index (χ2n) is 9.58. The Morgan fingerprint density at radius 2 is 2.00 bits per heavy atom. The number of nitrogens with one attached hydrogen (secondary N) is 1. The number of hydrogen-bond donors (Lipinski definition) is 3. The molecule has 5 rings (SSSR count). The van der Waals surface area contributed by atoms with Crippen molar-refractivity contribution in [2.75, 3.05) is 12.4 Å². The number of benzene rings is 1. The van der Waals surface area contributed by atoms with E-state index < -0.39 is 5.82 Å². The van der Waals surface area contributed by atoms with Gasteiger partial charge in [0.05, 0.1) is 40.8 Å². The second-order valence-corrected chi connectivity index (χ2v) is 9.99. The van der Waals surface area contributed by atoms with E-state index in [0.717, 1.165) is 60.0 Å². The number of aliphatic imine (C=N–C) groups is 1. The first-order chi connectivity index (χ1) is 18.4. The number of anilines is 1. The smallest absolute Gasteiger partial charge is 0.213 e. The molecule has 8 nitrogen and oxygen atoms in total. The number of methoxy groups -OCH3 is 1. The normalized spacial score (nSPS) is 18.1. The molecule has 198 valence electrons. The molecule has 5 N–H and O–H groups in total. The van der Waals surface area contributed by atoms with Crippen LogP contribution in [0.2, 0.25) is 5.02 Å². The molecule has 38 heavy (non-hydrogen) atoms. The molecule has 0 atom stereocenters. The largest absolute Gasteiger partial charge is 0.481 e. The van der Waals surface area contributed by atoms with Crippen LogP contribution in [0, 0.1) is 5.82 Å². The van der Waals surface area contributed by atoms with E-state index in [-0.39, 0.29) is 23.6 Å². The number of nitrogens with zero attached hydrogens (tertiary/aromatic N) is 4. The van der Waals surface area contributed by atoms with Crippen molar-refractivity contribution in [2.24, 2.45) is 16.5 Å². The standard InChI is InChI=1S/C28H31ClFN7O/c1-3-16-13-33-26(38-2)12-21(16)17-10-25-27(35-20-7-5-19(31)6-8-20)22(14-34-37(25)15-17)28(32)36-24-11-18(30)4-9-23(24)29/h4,9-15,19-20,35H,3,5-8,31H2,1-2H3,(H2,32,36). The van der Waals surface area contributed by atoms with Gasteiger partial charge < -0.3 is 21.5 Å². The SMILES string of the molecule is CCc1cnc(OC)cc1-c1cc2c(NC3CCC(N)CC3)c(C(N)=Nc3cc(F)ccc3Cl)cnn2c1. The van der Waals surface area contributed by atoms with Gasteiger partial charge >= 0.3 is 0 Å². The molecule has 3 aromatic heterocycles. The van der Waals surface area contributed by atoms with Crippen molar-refractivity contribution in [3.05, 3.63) is 70.9 Å². The Kier molecular flexibility index (Phi) is 7.49. The maximum absolute atomic E-state index is 13.9. The first kappa shape index (κ1) is 25.9. The van der Waals surface area contributed by atoms with Crippen LogP contribution in [0.4, 0.5) is 15.8 Å². The molecule has 1 aliphatic carbocycles. The summed E-state index contributed by atoms with van der Waals surface area (Å²) in [6.45, 7) is 2.09. The van der Waals surface area contributed by atoms with E-state index in [0.29, 0.717) is 16.5 Å². The molecule has 1 saturated carbocycles. The Bertz CT molecular complexity index is 1490. The van der Waals surface area contributed by atoms with Crippen LogP contribution in [0.5, 0.6) is 5.88 Å². The Morgan fingerprint density at radius 3 is 2.74 bits per heavy atom. The Hall–Kier alpha value is -3.69. The zero-order chi connectivity index (χ0) is 26.8. The van der Waals surface area contributed by atoms with Crippen molar-refractivity contribution in [3.63, 3.8) is 0 Å². The topological polar surface area (TPSA) is 116 Å². The maximum atomic E-state index is 13.9. The number of nitrogens with two attached hydrogens (primary N) is 2. The van der Waals surface area contributed by atoms with E-state index >= 15 is 0 Å². The average molecular weight is 536 g/mol. The molecule has 0 aliphatic heterocycles. The number of halogens is 2. The van der Waals surface area contributed by atoms with Crippen LogP contribution < -0.4 is 21.5 Å². The van der Waals surface area contributed by atoms with Crippen molar-refractivity contribution >= 4 is 34.3 Å². The fourth-order valence-electron chi connectivity index (χ4n) is 4.91. The number of amidine groups is 1. The first-order valence-corrected chi connectivity index (χ1v) is 13.1. The summed E-state index contributed by atoms with van der Waals surface area (Å²) in [6.07, 6.45) is 10.1. The minimum atomic E-state index is -0.442. The predicted octanol–water partition coefficient (Wildman–Crippen LogP) is 5.48. The van der Waals surface area contributed by atoms with E-state index in [1.807, 2.05) is 23.0 Å². The summed E-state index contributed by atoms with van der Waals surface area (Å²) in [7, 11) is 1.60. The van der Waals surface area contributed by atoms with Crippen molar-refractivity contribution in [1.29, 1.82) is 0 Å². The summed E-state index contributed by atoms with van der Waals surface area (Å²) in [5.74, 6) is 0.286. The van der Waals surface area contributed by atoms with Gasteiger partial charge in [0.2, 0.25) is 5.88 Å². The molecule has 0 bridgehead atoms. The first-order valence-electron chi connectivity index (χ1n) is 12.7. The van der Waals surface area contributed by atoms with Crippen LogP contribution >= 0.6 is 11.6 Å². The van der Waals surface area contributed by atoms with Gasteiger partial charge in [0.25, 0.3) is 0 Å². The molecule has 0 radical (unpaired) electrons. The number of aromatic nitrogens is 3. The molecule has 4 aromatic rings. The summed E-state index contributed by atoms with van der Waals surface area (Å²) in [5.41, 5.74) is 18.3. The highest BCUT2D eigenvalue weighted by atomic mass is 35.5. The predicted molar refractivity (Wildman–Crippen MR) is 150 cm³/mol. The van der Waals surface area contributed by atoms with Gasteiger partial charge in [-0.15, -0.1) is 0 Å². The minimum absolute atomic E-state index is 0.185. The fourth-order valence-corrected chi connectivity index (χ4v) is 5.07. The number of rotatable bonds is 7. The molecule has 1 aromatic carbocycles. The lowest BCUT2D eigenvalue weighted by molar-refractivity contribution is 0.398. The third-order valence-corrected chi connectivity index (χ3v) is 7.36. The zero-order valence-electron chi connectivity index (χ0n) is 21.4. The lowest BCUT2D eigenvalue weighted by Gasteiger charge is -2.28. The van der Waals surface area contributed by atoms with E-state index in [9.17, 15) is 4.39 Å². The lowest BCUT2D eigenvalue weighted by atomic mass is 9.91. The molecule has 0 spiro atoms. The third-order valence-electron chi connectivity index (χ3n) is 7.04. The van der Waals surface area contributed by atoms with Gasteiger partial charge in [-0.1, -0.05) is 18.5 Å². The molecule has 10 heteroatoms. The van der Waals surface area contributed by atoms with Gasteiger partial charge in [-0.05, 0) is 61.4 Å². The van der Waals surface area contributed by atoms with Gasteiger partial charge in [-0.2, -0.15) is 5.10 Å². The lowest BCUT2D eigenvalue weighted by Crippen LogP contribution is -2.33. The van der Waals surface area contributed by atoms with Crippen LogP contribution in [0.25, 0.3) is 16.6 Å². The Labute approximate surface area is 225 Å². The monoisotopic (exact) mass is 535 g/mol. The summed E-state index contributed by atoms with van der Waals surface area (Å²) in [6, 6.07) is 8.46. The average Bonchev–Trinajstić information content (AvgIpc) is 3.36. The number of ether oxygens (including phenoxy) is 1. The van der Waals surface area contributed by atoms with Crippen molar-refractivity contribution in [3.8, 4) is 17.0 Å². The van der Waals surface area contributed by atoms with Crippen LogP contribution in [-0.2, 0) is 6.42 Å². The summed E-state index contributed by atoms with van der Waals surface area (Å²) >= 11 is 6.26. The summed E-state index contributed by atoms with van der Waals surface area (Å²) in [5, 5.41) is 8.64. The molecular weight excluding hydrogens is 505 g/mol. The molecule has 1 aliphatic rings. The van der Waals surface area contributed by atoms with Crippen LogP contribution in [0.3, 0.4) is 0 Å². The molecule has 0 saturated heterocycles. The van der Waals surface area contributed by atoms with Gasteiger partial charge in [0.15, 0.2) is 0 Å². The minimum Gasteiger partial charge on any atom is -0.481 e. The van der Waals surface area contributed by atoms with Crippen LogP contribution in [0.15, 0.2) is 53.9 Å². The Morgan fingerprint density at radius 1 is 1.21 bits per heavy atom. The Balaban J connectivity index is 1.64. The van der Waals surface area contributed by atoms with Gasteiger partial charge in [-0.3, -0.25) is 0 Å². The number of fused-ring (bicyclic) bond motifs is 1. The van der Waals surface area contributed by atoms with Crippen molar-refractivity contribution in [1.82, 2.24) is 14.6 Å². The summed E-state index contributed by atoms with van der Waals surface area (Å²) in [4.78, 5) is 8.83. The second kappa shape index (κ2) is 11.0. The van der Waals surface area contributed by atoms with E-state index in [2.05, 4.69) is 33.4 Å². The molecule has 0 unspecified atom stereocenters. The third kappa shape index (κ3) is 5.30. The molecular formula is C28H31ClFN7O. The van der Waals surface area contributed by atoms with Crippen molar-refractivity contribution in [2.45, 2.75) is 51.1 Å². The number of pyridine rings is 1. The maximum Gasteiger partial charge on any atom is 0.213 e. The molecule has 3 heterocycles. The van der Waals surface area contributed by atoms with Gasteiger partial charge in [-0.25, -0.2) is 18.9 Å².